The Hall–Kier alpha value is -2.35. The van der Waals surface area contributed by atoms with Gasteiger partial charge in [0.25, 0.3) is 0 Å². The molecular weight excluding hydrogens is 328 g/mol. The van der Waals surface area contributed by atoms with Crippen molar-refractivity contribution in [2.24, 2.45) is 0 Å². The first-order valence-electron chi connectivity index (χ1n) is 8.07. The number of rotatable bonds is 4. The average Bonchev–Trinajstić information content (AvgIpc) is 3.18. The van der Waals surface area contributed by atoms with Gasteiger partial charge in [-0.05, 0) is 37.2 Å². The molecule has 1 aliphatic rings. The molecule has 0 saturated heterocycles. The van der Waals surface area contributed by atoms with E-state index in [1.807, 2.05) is 6.07 Å². The second-order valence-corrected chi connectivity index (χ2v) is 6.27. The van der Waals surface area contributed by atoms with Gasteiger partial charge in [-0.25, -0.2) is 4.79 Å². The van der Waals surface area contributed by atoms with Gasteiger partial charge in [0.15, 0.2) is 10.7 Å². The largest absolute Gasteiger partial charge is 0.419 e. The molecule has 3 rings (SSSR count). The summed E-state index contributed by atoms with van der Waals surface area (Å²) in [5, 5.41) is 3.59. The van der Waals surface area contributed by atoms with E-state index in [0.717, 1.165) is 12.8 Å². The summed E-state index contributed by atoms with van der Waals surface area (Å²) in [6.45, 7) is 0.242. The molecule has 0 spiro atoms. The highest BCUT2D eigenvalue weighted by atomic mass is 32.1. The number of benzene rings is 1. The maximum absolute atomic E-state index is 11.9. The van der Waals surface area contributed by atoms with Crippen LogP contribution in [-0.2, 0) is 11.3 Å². The molecule has 0 radical (unpaired) electrons. The van der Waals surface area contributed by atoms with Crippen LogP contribution in [0.1, 0.15) is 32.1 Å². The Kier molecular flexibility index (Phi) is 5.14. The first-order chi connectivity index (χ1) is 11.6. The van der Waals surface area contributed by atoms with Crippen LogP contribution in [0.25, 0.3) is 11.1 Å². The SMILES string of the molecule is O=C(CCn1c(=O)oc2ccccc21)NNC(=S)NC1CCCC1. The number of oxazole rings is 1. The number of amides is 1. The number of aromatic nitrogens is 1. The van der Waals surface area contributed by atoms with Gasteiger partial charge in [-0.2, -0.15) is 0 Å². The zero-order valence-corrected chi connectivity index (χ0v) is 14.0. The second-order valence-electron chi connectivity index (χ2n) is 5.87. The minimum Gasteiger partial charge on any atom is -0.408 e. The Morgan fingerprint density at radius 3 is 2.79 bits per heavy atom. The van der Waals surface area contributed by atoms with Gasteiger partial charge in [-0.3, -0.25) is 20.2 Å². The summed E-state index contributed by atoms with van der Waals surface area (Å²) in [6, 6.07) is 7.52. The molecule has 1 aromatic heterocycles. The lowest BCUT2D eigenvalue weighted by molar-refractivity contribution is -0.121. The third kappa shape index (κ3) is 3.94. The van der Waals surface area contributed by atoms with Gasteiger partial charge in [0.2, 0.25) is 5.91 Å². The molecule has 7 nitrogen and oxygen atoms in total. The Labute approximate surface area is 144 Å². The summed E-state index contributed by atoms with van der Waals surface area (Å²) in [5.41, 5.74) is 6.45. The highest BCUT2D eigenvalue weighted by Crippen LogP contribution is 2.17. The van der Waals surface area contributed by atoms with Gasteiger partial charge in [-0.15, -0.1) is 0 Å². The van der Waals surface area contributed by atoms with Gasteiger partial charge >= 0.3 is 5.76 Å². The topological polar surface area (TPSA) is 88.3 Å². The van der Waals surface area contributed by atoms with Crippen molar-refractivity contribution in [1.29, 1.82) is 0 Å². The van der Waals surface area contributed by atoms with Gasteiger partial charge in [0.1, 0.15) is 0 Å². The number of carbonyl (C=O) groups is 1. The number of nitrogens with zero attached hydrogens (tertiary/aromatic N) is 1. The predicted molar refractivity (Wildman–Crippen MR) is 94.4 cm³/mol. The Bertz CT molecular complexity index is 792. The van der Waals surface area contributed by atoms with Gasteiger partial charge < -0.3 is 9.73 Å². The van der Waals surface area contributed by atoms with Crippen molar-refractivity contribution in [3.63, 3.8) is 0 Å². The first-order valence-corrected chi connectivity index (χ1v) is 8.48. The lowest BCUT2D eigenvalue weighted by Crippen LogP contribution is -2.49. The molecule has 0 atom stereocenters. The van der Waals surface area contributed by atoms with E-state index in [0.29, 0.717) is 22.3 Å². The van der Waals surface area contributed by atoms with Crippen LogP contribution >= 0.6 is 12.2 Å². The highest BCUT2D eigenvalue weighted by molar-refractivity contribution is 7.80. The van der Waals surface area contributed by atoms with Crippen LogP contribution in [0.4, 0.5) is 0 Å². The molecule has 1 heterocycles. The average molecular weight is 348 g/mol. The highest BCUT2D eigenvalue weighted by Gasteiger charge is 2.15. The van der Waals surface area contributed by atoms with E-state index < -0.39 is 5.76 Å². The lowest BCUT2D eigenvalue weighted by atomic mass is 10.3. The van der Waals surface area contributed by atoms with E-state index >= 15 is 0 Å². The molecule has 0 bridgehead atoms. The zero-order chi connectivity index (χ0) is 16.9. The number of para-hydroxylation sites is 2. The molecule has 1 fully saturated rings. The normalized spacial score (nSPS) is 14.7. The van der Waals surface area contributed by atoms with Crippen LogP contribution in [0.5, 0.6) is 0 Å². The van der Waals surface area contributed by atoms with Crippen LogP contribution in [-0.4, -0.2) is 21.6 Å². The van der Waals surface area contributed by atoms with Crippen molar-refractivity contribution >= 4 is 34.3 Å². The molecular formula is C16H20N4O3S. The number of fused-ring (bicyclic) bond motifs is 1. The Balaban J connectivity index is 1.47. The summed E-state index contributed by atoms with van der Waals surface area (Å²) in [7, 11) is 0. The third-order valence-electron chi connectivity index (χ3n) is 4.14. The lowest BCUT2D eigenvalue weighted by Gasteiger charge is -2.16. The molecule has 1 aromatic carbocycles. The quantitative estimate of drug-likeness (QED) is 0.572. The van der Waals surface area contributed by atoms with Gasteiger partial charge in [-0.1, -0.05) is 25.0 Å². The van der Waals surface area contributed by atoms with Gasteiger partial charge in [0.05, 0.1) is 5.52 Å². The predicted octanol–water partition coefficient (Wildman–Crippen LogP) is 1.42. The number of hydrazine groups is 1. The van der Waals surface area contributed by atoms with E-state index in [2.05, 4.69) is 16.2 Å². The van der Waals surface area contributed by atoms with Crippen LogP contribution in [0.15, 0.2) is 33.5 Å². The van der Waals surface area contributed by atoms with E-state index in [-0.39, 0.29) is 18.9 Å². The monoisotopic (exact) mass is 348 g/mol. The molecule has 128 valence electrons. The fourth-order valence-electron chi connectivity index (χ4n) is 2.92. The molecule has 2 aromatic rings. The van der Waals surface area contributed by atoms with E-state index in [1.54, 1.807) is 18.2 Å². The van der Waals surface area contributed by atoms with E-state index in [1.165, 1.54) is 17.4 Å². The molecule has 3 N–H and O–H groups in total. The minimum absolute atomic E-state index is 0.141. The number of carbonyl (C=O) groups excluding carboxylic acids is 1. The van der Waals surface area contributed by atoms with Crippen molar-refractivity contribution in [2.75, 3.05) is 0 Å². The molecule has 1 amide bonds. The molecule has 24 heavy (non-hydrogen) atoms. The fraction of sp³-hybridized carbons (Fsp3) is 0.438. The first kappa shape index (κ1) is 16.5. The number of thiocarbonyl (C=S) groups is 1. The van der Waals surface area contributed by atoms with Crippen molar-refractivity contribution in [2.45, 2.75) is 44.7 Å². The van der Waals surface area contributed by atoms with Crippen LogP contribution < -0.4 is 21.9 Å². The molecule has 0 unspecified atom stereocenters. The standard InChI is InChI=1S/C16H20N4O3S/c21-14(18-19-15(24)17-11-5-1-2-6-11)9-10-20-12-7-3-4-8-13(12)23-16(20)22/h3-4,7-8,11H,1-2,5-6,9-10H2,(H,18,21)(H2,17,19,24). The molecule has 0 aliphatic heterocycles. The van der Waals surface area contributed by atoms with Crippen molar-refractivity contribution < 1.29 is 9.21 Å². The zero-order valence-electron chi connectivity index (χ0n) is 13.2. The van der Waals surface area contributed by atoms with Crippen molar-refractivity contribution in [3.05, 3.63) is 34.8 Å². The number of hydrogen-bond donors (Lipinski definition) is 3. The molecule has 1 saturated carbocycles. The summed E-state index contributed by atoms with van der Waals surface area (Å²) in [4.78, 5) is 23.7. The Morgan fingerprint density at radius 2 is 2.00 bits per heavy atom. The van der Waals surface area contributed by atoms with Crippen molar-refractivity contribution in [1.82, 2.24) is 20.7 Å². The van der Waals surface area contributed by atoms with Gasteiger partial charge in [0, 0.05) is 19.0 Å². The number of nitrogens with one attached hydrogen (secondary N) is 3. The number of hydrogen-bond acceptors (Lipinski definition) is 4. The molecule has 1 aliphatic carbocycles. The Morgan fingerprint density at radius 1 is 1.25 bits per heavy atom. The summed E-state index contributed by atoms with van der Waals surface area (Å²) in [5.74, 6) is -0.710. The number of aryl methyl sites for hydroxylation is 1. The maximum Gasteiger partial charge on any atom is 0.419 e. The van der Waals surface area contributed by atoms with Crippen molar-refractivity contribution in [3.8, 4) is 0 Å². The summed E-state index contributed by atoms with van der Waals surface area (Å²) < 4.78 is 6.58. The van der Waals surface area contributed by atoms with E-state index in [4.69, 9.17) is 16.6 Å². The molecule has 8 heteroatoms. The minimum atomic E-state index is -0.463. The summed E-state index contributed by atoms with van der Waals surface area (Å²) in [6.07, 6.45) is 4.76. The maximum atomic E-state index is 11.9. The fourth-order valence-corrected chi connectivity index (χ4v) is 3.14. The second kappa shape index (κ2) is 7.48. The van der Waals surface area contributed by atoms with E-state index in [9.17, 15) is 9.59 Å². The smallest absolute Gasteiger partial charge is 0.408 e. The third-order valence-corrected chi connectivity index (χ3v) is 4.36. The van der Waals surface area contributed by atoms with Crippen LogP contribution in [0, 0.1) is 0 Å². The van der Waals surface area contributed by atoms with Crippen LogP contribution in [0.3, 0.4) is 0 Å². The van der Waals surface area contributed by atoms with Crippen LogP contribution in [0.2, 0.25) is 0 Å². The summed E-state index contributed by atoms with van der Waals surface area (Å²) >= 11 is 5.15.